The fourth-order valence-electron chi connectivity index (χ4n) is 0.879. The second-order valence-corrected chi connectivity index (χ2v) is 11.5. The Morgan fingerprint density at radius 2 is 1.80 bits per heavy atom. The Hall–Kier alpha value is 1.07. The predicted octanol–water partition coefficient (Wildman–Crippen LogP) is 3.13. The molecule has 0 aliphatic carbocycles. The maximum absolute atomic E-state index is 11.5. The maximum atomic E-state index is 11.5. The SMILES string of the molecule is CCOP(=S)(OCC)SC(C)S(=O)CC. The van der Waals surface area contributed by atoms with E-state index in [9.17, 15) is 4.21 Å². The van der Waals surface area contributed by atoms with Gasteiger partial charge in [0.1, 0.15) is 0 Å². The van der Waals surface area contributed by atoms with E-state index >= 15 is 0 Å². The summed E-state index contributed by atoms with van der Waals surface area (Å²) in [5.41, 5.74) is -2.29. The molecule has 0 heterocycles. The molecule has 0 rings (SSSR count). The summed E-state index contributed by atoms with van der Waals surface area (Å²) in [6, 6.07) is 0. The Kier molecular flexibility index (Phi) is 8.79. The first-order valence-electron chi connectivity index (χ1n) is 4.93. The predicted molar refractivity (Wildman–Crippen MR) is 73.3 cm³/mol. The van der Waals surface area contributed by atoms with Crippen LogP contribution in [0, 0.1) is 0 Å². The molecule has 2 atom stereocenters. The van der Waals surface area contributed by atoms with E-state index in [-0.39, 0.29) is 4.58 Å². The van der Waals surface area contributed by atoms with Gasteiger partial charge in [0.2, 0.25) is 5.69 Å². The highest BCUT2D eigenvalue weighted by Crippen LogP contribution is 2.62. The first-order chi connectivity index (χ1) is 6.99. The summed E-state index contributed by atoms with van der Waals surface area (Å²) in [7, 11) is -0.861. The van der Waals surface area contributed by atoms with Gasteiger partial charge in [-0.3, -0.25) is 4.21 Å². The average Bonchev–Trinajstić information content (AvgIpc) is 2.16. The van der Waals surface area contributed by atoms with Gasteiger partial charge in [0, 0.05) is 16.6 Å². The minimum atomic E-state index is -2.29. The molecule has 0 fully saturated rings. The van der Waals surface area contributed by atoms with Gasteiger partial charge in [-0.2, -0.15) is 0 Å². The van der Waals surface area contributed by atoms with Crippen molar-refractivity contribution in [3.8, 4) is 0 Å². The normalized spacial score (nSPS) is 16.3. The molecule has 0 aromatic heterocycles. The van der Waals surface area contributed by atoms with E-state index in [2.05, 4.69) is 0 Å². The first-order valence-corrected chi connectivity index (χ1v) is 10.4. The third-order valence-electron chi connectivity index (χ3n) is 1.51. The molecule has 3 nitrogen and oxygen atoms in total. The van der Waals surface area contributed by atoms with Gasteiger partial charge in [-0.15, -0.1) is 0 Å². The van der Waals surface area contributed by atoms with Crippen molar-refractivity contribution in [2.45, 2.75) is 32.3 Å². The Labute approximate surface area is 104 Å². The summed E-state index contributed by atoms with van der Waals surface area (Å²) >= 11 is 6.75. The lowest BCUT2D eigenvalue weighted by atomic mass is 10.9. The highest BCUT2D eigenvalue weighted by atomic mass is 32.9. The van der Waals surface area contributed by atoms with Gasteiger partial charge in [0.25, 0.3) is 0 Å². The van der Waals surface area contributed by atoms with E-state index in [0.29, 0.717) is 19.0 Å². The van der Waals surface area contributed by atoms with Gasteiger partial charge in [0.05, 0.1) is 17.8 Å². The molecule has 0 aliphatic rings. The Bertz CT molecular complexity index is 237. The minimum Gasteiger partial charge on any atom is -0.322 e. The van der Waals surface area contributed by atoms with Crippen LogP contribution in [0.25, 0.3) is 0 Å². The van der Waals surface area contributed by atoms with E-state index < -0.39 is 16.5 Å². The lowest BCUT2D eigenvalue weighted by molar-refractivity contribution is 0.280. The zero-order valence-corrected chi connectivity index (χ0v) is 12.9. The van der Waals surface area contributed by atoms with Crippen LogP contribution in [0.15, 0.2) is 0 Å². The van der Waals surface area contributed by atoms with Crippen LogP contribution in [0.5, 0.6) is 0 Å². The van der Waals surface area contributed by atoms with Crippen molar-refractivity contribution in [2.24, 2.45) is 0 Å². The largest absolute Gasteiger partial charge is 0.322 e. The van der Waals surface area contributed by atoms with Crippen molar-refractivity contribution in [3.05, 3.63) is 0 Å². The summed E-state index contributed by atoms with van der Waals surface area (Å²) < 4.78 is 22.5. The van der Waals surface area contributed by atoms with Gasteiger partial charge in [0.15, 0.2) is 0 Å². The average molecular weight is 290 g/mol. The third kappa shape index (κ3) is 6.39. The van der Waals surface area contributed by atoms with Crippen LogP contribution in [0.1, 0.15) is 27.7 Å². The molecule has 0 aromatic carbocycles. The number of rotatable bonds is 8. The van der Waals surface area contributed by atoms with Crippen LogP contribution in [-0.4, -0.2) is 27.8 Å². The van der Waals surface area contributed by atoms with E-state index in [1.165, 1.54) is 11.4 Å². The Balaban J connectivity index is 4.40. The zero-order valence-electron chi connectivity index (χ0n) is 9.60. The molecule has 0 saturated carbocycles. The quantitative estimate of drug-likeness (QED) is 0.642. The molecule has 7 heteroatoms. The zero-order chi connectivity index (χ0) is 11.9. The molecule has 0 N–H and O–H groups in total. The summed E-state index contributed by atoms with van der Waals surface area (Å²) in [6.45, 7) is 8.66. The molecule has 92 valence electrons. The topological polar surface area (TPSA) is 35.5 Å². The lowest BCUT2D eigenvalue weighted by Gasteiger charge is -2.22. The maximum Gasteiger partial charge on any atom is 0.248 e. The van der Waals surface area contributed by atoms with Crippen molar-refractivity contribution in [2.75, 3.05) is 19.0 Å². The summed E-state index contributed by atoms with van der Waals surface area (Å²) in [6.07, 6.45) is 0. The van der Waals surface area contributed by atoms with Crippen LogP contribution < -0.4 is 0 Å². The van der Waals surface area contributed by atoms with Crippen molar-refractivity contribution < 1.29 is 13.3 Å². The standard InChI is InChI=1S/C8H19O3PS3/c1-5-10-12(13,11-6-2)14-8(4)15(9)7-3/h8H,5-7H2,1-4H3. The van der Waals surface area contributed by atoms with Gasteiger partial charge in [-0.05, 0) is 32.6 Å². The molecule has 0 bridgehead atoms. The summed E-state index contributed by atoms with van der Waals surface area (Å²) in [4.78, 5) is 0. The minimum absolute atomic E-state index is 0.0288. The van der Waals surface area contributed by atoms with Crippen molar-refractivity contribution in [3.63, 3.8) is 0 Å². The Morgan fingerprint density at radius 1 is 1.33 bits per heavy atom. The van der Waals surface area contributed by atoms with Crippen molar-refractivity contribution in [1.82, 2.24) is 0 Å². The van der Waals surface area contributed by atoms with Crippen LogP contribution in [0.2, 0.25) is 0 Å². The van der Waals surface area contributed by atoms with Crippen LogP contribution >= 0.6 is 17.1 Å². The fourth-order valence-corrected chi connectivity index (χ4v) is 9.59. The van der Waals surface area contributed by atoms with Gasteiger partial charge >= 0.3 is 0 Å². The van der Waals surface area contributed by atoms with E-state index in [0.717, 1.165) is 0 Å². The molecular weight excluding hydrogens is 271 g/mol. The molecule has 15 heavy (non-hydrogen) atoms. The first kappa shape index (κ1) is 16.1. The van der Waals surface area contributed by atoms with Crippen molar-refractivity contribution >= 4 is 39.7 Å². The summed E-state index contributed by atoms with van der Waals surface area (Å²) in [5.74, 6) is 0.641. The lowest BCUT2D eigenvalue weighted by Crippen LogP contribution is -2.09. The molecular formula is C8H19O3PS3. The molecule has 0 aromatic rings. The van der Waals surface area contributed by atoms with Gasteiger partial charge in [-0.25, -0.2) is 0 Å². The van der Waals surface area contributed by atoms with Gasteiger partial charge < -0.3 is 9.05 Å². The second kappa shape index (κ2) is 8.20. The monoisotopic (exact) mass is 290 g/mol. The highest BCUT2D eigenvalue weighted by molar-refractivity contribution is 8.69. The van der Waals surface area contributed by atoms with Gasteiger partial charge in [-0.1, -0.05) is 18.3 Å². The van der Waals surface area contributed by atoms with Crippen LogP contribution in [-0.2, 0) is 31.7 Å². The molecule has 0 aliphatic heterocycles. The second-order valence-electron chi connectivity index (χ2n) is 2.63. The van der Waals surface area contributed by atoms with Crippen molar-refractivity contribution in [1.29, 1.82) is 0 Å². The number of hydrogen-bond donors (Lipinski definition) is 0. The highest BCUT2D eigenvalue weighted by Gasteiger charge is 2.25. The van der Waals surface area contributed by atoms with Crippen LogP contribution in [0.3, 0.4) is 0 Å². The smallest absolute Gasteiger partial charge is 0.248 e. The van der Waals surface area contributed by atoms with E-state index in [1.807, 2.05) is 27.7 Å². The third-order valence-corrected chi connectivity index (χ3v) is 9.64. The van der Waals surface area contributed by atoms with E-state index in [4.69, 9.17) is 20.9 Å². The Morgan fingerprint density at radius 3 is 2.13 bits per heavy atom. The number of hydrogen-bond acceptors (Lipinski definition) is 5. The molecule has 0 radical (unpaired) electrons. The van der Waals surface area contributed by atoms with Crippen LogP contribution in [0.4, 0.5) is 0 Å². The molecule has 0 spiro atoms. The molecule has 0 saturated heterocycles. The molecule has 0 amide bonds. The summed E-state index contributed by atoms with van der Waals surface area (Å²) in [5, 5.41) is 0. The van der Waals surface area contributed by atoms with E-state index in [1.54, 1.807) is 0 Å². The molecule has 2 unspecified atom stereocenters. The fraction of sp³-hybridized carbons (Fsp3) is 1.00.